The molecule has 0 saturated heterocycles. The van der Waals surface area contributed by atoms with Crippen LogP contribution in [0.2, 0.25) is 0 Å². The Balaban J connectivity index is 4.04. The molecule has 0 heterocycles. The molecular weight excluding hydrogens is 256 g/mol. The third kappa shape index (κ3) is 9.55. The lowest BCUT2D eigenvalue weighted by Gasteiger charge is -2.35. The van der Waals surface area contributed by atoms with Crippen molar-refractivity contribution >= 4 is 0 Å². The highest BCUT2D eigenvalue weighted by molar-refractivity contribution is 4.82. The highest BCUT2D eigenvalue weighted by atomic mass is 16.3. The van der Waals surface area contributed by atoms with E-state index in [0.29, 0.717) is 5.92 Å². The Hall–Kier alpha value is -0.0400. The van der Waals surface area contributed by atoms with E-state index in [1.807, 2.05) is 0 Å². The predicted molar refractivity (Wildman–Crippen MR) is 95.6 cm³/mol. The summed E-state index contributed by atoms with van der Waals surface area (Å²) in [7, 11) is 0. The molecule has 3 unspecified atom stereocenters. The molecule has 1 heteroatoms. The van der Waals surface area contributed by atoms with Gasteiger partial charge in [-0.15, -0.1) is 0 Å². The van der Waals surface area contributed by atoms with Crippen molar-refractivity contribution in [2.45, 2.75) is 106 Å². The van der Waals surface area contributed by atoms with Crippen LogP contribution >= 0.6 is 0 Å². The fourth-order valence-electron chi connectivity index (χ4n) is 3.18. The van der Waals surface area contributed by atoms with E-state index in [1.54, 1.807) is 0 Å². The molecular formula is C20H42O. The average Bonchev–Trinajstić information content (AvgIpc) is 2.37. The number of hydrogen-bond donors (Lipinski definition) is 1. The monoisotopic (exact) mass is 298 g/mol. The third-order valence-electron chi connectivity index (χ3n) is 5.23. The largest absolute Gasteiger partial charge is 0.393 e. The third-order valence-corrected chi connectivity index (χ3v) is 5.23. The molecule has 0 aromatic carbocycles. The van der Waals surface area contributed by atoms with Crippen LogP contribution in [0.25, 0.3) is 0 Å². The van der Waals surface area contributed by atoms with Crippen molar-refractivity contribution < 1.29 is 5.11 Å². The lowest BCUT2D eigenvalue weighted by Crippen LogP contribution is -2.33. The van der Waals surface area contributed by atoms with E-state index in [0.717, 1.165) is 24.7 Å². The van der Waals surface area contributed by atoms with E-state index in [4.69, 9.17) is 0 Å². The molecule has 0 amide bonds. The first-order valence-corrected chi connectivity index (χ1v) is 9.39. The minimum absolute atomic E-state index is 0.113. The zero-order chi connectivity index (χ0) is 16.5. The molecule has 1 N–H and O–H groups in total. The van der Waals surface area contributed by atoms with Crippen LogP contribution in [0.5, 0.6) is 0 Å². The SMILES string of the molecule is CCC(C)(CCCC(C)CCCC(C)C)C(O)CC(C)C. The maximum atomic E-state index is 10.5. The second-order valence-corrected chi connectivity index (χ2v) is 8.48. The van der Waals surface area contributed by atoms with Crippen molar-refractivity contribution in [2.24, 2.45) is 23.2 Å². The van der Waals surface area contributed by atoms with E-state index in [-0.39, 0.29) is 11.5 Å². The van der Waals surface area contributed by atoms with Crippen LogP contribution in [0.4, 0.5) is 0 Å². The maximum Gasteiger partial charge on any atom is 0.0596 e. The van der Waals surface area contributed by atoms with Crippen LogP contribution in [-0.2, 0) is 0 Å². The minimum Gasteiger partial charge on any atom is -0.393 e. The van der Waals surface area contributed by atoms with Gasteiger partial charge in [0.05, 0.1) is 6.10 Å². The van der Waals surface area contributed by atoms with Crippen LogP contribution in [0.1, 0.15) is 99.8 Å². The summed E-state index contributed by atoms with van der Waals surface area (Å²) in [5.74, 6) is 2.26. The molecule has 0 aliphatic rings. The molecule has 0 spiro atoms. The summed E-state index contributed by atoms with van der Waals surface area (Å²) >= 11 is 0. The standard InChI is InChI=1S/C20H42O/c1-8-20(7,19(21)15-17(4)5)14-10-13-18(6)12-9-11-16(2)3/h16-19,21H,8-15H2,1-7H3. The van der Waals surface area contributed by atoms with Crippen LogP contribution in [0, 0.1) is 23.2 Å². The first kappa shape index (κ1) is 21.0. The number of aliphatic hydroxyl groups excluding tert-OH is 1. The van der Waals surface area contributed by atoms with Crippen LogP contribution < -0.4 is 0 Å². The molecule has 0 saturated carbocycles. The highest BCUT2D eigenvalue weighted by Gasteiger charge is 2.31. The summed E-state index contributed by atoms with van der Waals surface area (Å²) < 4.78 is 0. The van der Waals surface area contributed by atoms with E-state index in [1.165, 1.54) is 38.5 Å². The highest BCUT2D eigenvalue weighted by Crippen LogP contribution is 2.35. The molecule has 0 rings (SSSR count). The van der Waals surface area contributed by atoms with Crippen LogP contribution in [-0.4, -0.2) is 11.2 Å². The van der Waals surface area contributed by atoms with Gasteiger partial charge in [-0.25, -0.2) is 0 Å². The molecule has 128 valence electrons. The Bertz CT molecular complexity index is 246. The van der Waals surface area contributed by atoms with Gasteiger partial charge in [-0.3, -0.25) is 0 Å². The quantitative estimate of drug-likeness (QED) is 0.439. The molecule has 0 aliphatic heterocycles. The maximum absolute atomic E-state index is 10.5. The van der Waals surface area contributed by atoms with Crippen LogP contribution in [0.15, 0.2) is 0 Å². The lowest BCUT2D eigenvalue weighted by atomic mass is 9.74. The molecule has 1 nitrogen and oxygen atoms in total. The van der Waals surface area contributed by atoms with Gasteiger partial charge in [-0.2, -0.15) is 0 Å². The fraction of sp³-hybridized carbons (Fsp3) is 1.00. The van der Waals surface area contributed by atoms with E-state index in [9.17, 15) is 5.11 Å². The van der Waals surface area contributed by atoms with Gasteiger partial charge in [-0.05, 0) is 42.4 Å². The van der Waals surface area contributed by atoms with Gasteiger partial charge in [0.15, 0.2) is 0 Å². The van der Waals surface area contributed by atoms with Crippen molar-refractivity contribution in [3.8, 4) is 0 Å². The van der Waals surface area contributed by atoms with Crippen molar-refractivity contribution in [1.29, 1.82) is 0 Å². The second kappa shape index (κ2) is 10.6. The molecule has 0 aliphatic carbocycles. The van der Waals surface area contributed by atoms with Gasteiger partial charge in [0.2, 0.25) is 0 Å². The fourth-order valence-corrected chi connectivity index (χ4v) is 3.18. The van der Waals surface area contributed by atoms with Crippen molar-refractivity contribution in [3.05, 3.63) is 0 Å². The van der Waals surface area contributed by atoms with Gasteiger partial charge >= 0.3 is 0 Å². The zero-order valence-corrected chi connectivity index (χ0v) is 15.9. The van der Waals surface area contributed by atoms with E-state index < -0.39 is 0 Å². The number of rotatable bonds is 12. The topological polar surface area (TPSA) is 20.2 Å². The Morgan fingerprint density at radius 1 is 0.857 bits per heavy atom. The van der Waals surface area contributed by atoms with E-state index >= 15 is 0 Å². The van der Waals surface area contributed by atoms with Crippen LogP contribution in [0.3, 0.4) is 0 Å². The molecule has 0 fully saturated rings. The zero-order valence-electron chi connectivity index (χ0n) is 15.9. The smallest absolute Gasteiger partial charge is 0.0596 e. The molecule has 0 bridgehead atoms. The van der Waals surface area contributed by atoms with Gasteiger partial charge in [0.25, 0.3) is 0 Å². The van der Waals surface area contributed by atoms with Crippen molar-refractivity contribution in [2.75, 3.05) is 0 Å². The summed E-state index contributed by atoms with van der Waals surface area (Å²) in [6.07, 6.45) is 9.76. The summed E-state index contributed by atoms with van der Waals surface area (Å²) in [6.45, 7) is 15.9. The Morgan fingerprint density at radius 3 is 1.90 bits per heavy atom. The Kier molecular flexibility index (Phi) is 10.6. The van der Waals surface area contributed by atoms with Gasteiger partial charge in [0, 0.05) is 0 Å². The molecule has 0 aromatic rings. The van der Waals surface area contributed by atoms with Gasteiger partial charge < -0.3 is 5.11 Å². The van der Waals surface area contributed by atoms with E-state index in [2.05, 4.69) is 48.5 Å². The van der Waals surface area contributed by atoms with Crippen molar-refractivity contribution in [1.82, 2.24) is 0 Å². The lowest BCUT2D eigenvalue weighted by molar-refractivity contribution is 0.0103. The molecule has 3 atom stereocenters. The molecule has 0 aromatic heterocycles. The number of aliphatic hydroxyl groups is 1. The molecule has 21 heavy (non-hydrogen) atoms. The Morgan fingerprint density at radius 2 is 1.43 bits per heavy atom. The van der Waals surface area contributed by atoms with Gasteiger partial charge in [-0.1, -0.05) is 80.6 Å². The number of hydrogen-bond acceptors (Lipinski definition) is 1. The minimum atomic E-state index is -0.140. The normalized spacial score (nSPS) is 18.0. The Labute approximate surface area is 134 Å². The van der Waals surface area contributed by atoms with Gasteiger partial charge in [0.1, 0.15) is 0 Å². The first-order chi connectivity index (χ1) is 9.71. The first-order valence-electron chi connectivity index (χ1n) is 9.39. The molecule has 0 radical (unpaired) electrons. The predicted octanol–water partition coefficient (Wildman–Crippen LogP) is 6.44. The van der Waals surface area contributed by atoms with Crippen molar-refractivity contribution in [3.63, 3.8) is 0 Å². The summed E-state index contributed by atoms with van der Waals surface area (Å²) in [5.41, 5.74) is 0.113. The second-order valence-electron chi connectivity index (χ2n) is 8.48. The summed E-state index contributed by atoms with van der Waals surface area (Å²) in [4.78, 5) is 0. The average molecular weight is 299 g/mol. The summed E-state index contributed by atoms with van der Waals surface area (Å²) in [6, 6.07) is 0. The summed E-state index contributed by atoms with van der Waals surface area (Å²) in [5, 5.41) is 10.5.